The second kappa shape index (κ2) is 10.1. The van der Waals surface area contributed by atoms with Gasteiger partial charge in [-0.2, -0.15) is 18.2 Å². The van der Waals surface area contributed by atoms with E-state index >= 15 is 0 Å². The lowest BCUT2D eigenvalue weighted by atomic mass is 9.85. The van der Waals surface area contributed by atoms with E-state index in [9.17, 15) is 26.3 Å². The molecule has 0 radical (unpaired) electrons. The SMILES string of the molecule is CC1=Nc2ccc(-c3ccn4nc(N[C@H]5CCN(C6CC(F)(F)C6)C[C@H]5F)nc(N)c34)nc2C(CCC(F)(F)F)C1. The molecule has 1 aliphatic carbocycles. The third-order valence-corrected chi connectivity index (χ3v) is 8.20. The molecular weight excluding hydrogens is 550 g/mol. The van der Waals surface area contributed by atoms with Gasteiger partial charge in [0.15, 0.2) is 5.82 Å². The van der Waals surface area contributed by atoms with E-state index < -0.39 is 36.7 Å². The van der Waals surface area contributed by atoms with E-state index in [4.69, 9.17) is 10.7 Å². The second-order valence-corrected chi connectivity index (χ2v) is 11.3. The number of likely N-dealkylation sites (tertiary alicyclic amines) is 1. The van der Waals surface area contributed by atoms with Crippen LogP contribution >= 0.6 is 0 Å². The summed E-state index contributed by atoms with van der Waals surface area (Å²) in [6, 6.07) is 4.33. The summed E-state index contributed by atoms with van der Waals surface area (Å²) in [6.45, 7) is 2.34. The third kappa shape index (κ3) is 5.70. The van der Waals surface area contributed by atoms with Gasteiger partial charge in [0.05, 0.1) is 23.1 Å². The number of fused-ring (bicyclic) bond motifs is 2. The maximum atomic E-state index is 15.0. The van der Waals surface area contributed by atoms with Crippen molar-refractivity contribution in [3.05, 3.63) is 30.1 Å². The van der Waals surface area contributed by atoms with Crippen LogP contribution in [0, 0.1) is 0 Å². The number of hydrogen-bond acceptors (Lipinski definition) is 7. The molecule has 6 rings (SSSR count). The van der Waals surface area contributed by atoms with Crippen molar-refractivity contribution in [2.45, 2.75) is 81.7 Å². The van der Waals surface area contributed by atoms with Crippen molar-refractivity contribution in [1.82, 2.24) is 24.5 Å². The number of nitrogens with two attached hydrogens (primary N) is 1. The molecule has 3 aliphatic rings. The lowest BCUT2D eigenvalue weighted by molar-refractivity contribution is -0.136. The van der Waals surface area contributed by atoms with Gasteiger partial charge in [-0.3, -0.25) is 14.9 Å². The van der Waals surface area contributed by atoms with Crippen molar-refractivity contribution in [2.24, 2.45) is 4.99 Å². The largest absolute Gasteiger partial charge is 0.389 e. The number of aromatic nitrogens is 4. The van der Waals surface area contributed by atoms with E-state index in [1.54, 1.807) is 36.2 Å². The van der Waals surface area contributed by atoms with E-state index in [1.807, 2.05) is 0 Å². The number of nitrogens with zero attached hydrogens (tertiary/aromatic N) is 6. The Hall–Kier alpha value is -3.42. The zero-order chi connectivity index (χ0) is 29.1. The predicted octanol–water partition coefficient (Wildman–Crippen LogP) is 5.92. The maximum Gasteiger partial charge on any atom is 0.389 e. The fraction of sp³-hybridized carbons (Fsp3) is 0.556. The average molecular weight is 581 g/mol. The molecule has 8 nitrogen and oxygen atoms in total. The normalized spacial score (nSPS) is 25.0. The number of rotatable bonds is 6. The van der Waals surface area contributed by atoms with Crippen LogP contribution < -0.4 is 11.1 Å². The Labute approximate surface area is 232 Å². The zero-order valence-electron chi connectivity index (χ0n) is 22.3. The summed E-state index contributed by atoms with van der Waals surface area (Å²) in [5, 5.41) is 7.45. The Morgan fingerprint density at radius 3 is 2.63 bits per heavy atom. The van der Waals surface area contributed by atoms with Gasteiger partial charge in [-0.15, -0.1) is 5.10 Å². The van der Waals surface area contributed by atoms with Crippen LogP contribution in [0.4, 0.5) is 43.8 Å². The van der Waals surface area contributed by atoms with Crippen LogP contribution in [0.15, 0.2) is 29.4 Å². The molecule has 0 bridgehead atoms. The topological polar surface area (TPSA) is 96.7 Å². The van der Waals surface area contributed by atoms with Crippen LogP contribution in [0.3, 0.4) is 0 Å². The summed E-state index contributed by atoms with van der Waals surface area (Å²) < 4.78 is 81.9. The van der Waals surface area contributed by atoms with Gasteiger partial charge >= 0.3 is 6.18 Å². The number of nitrogens with one attached hydrogen (secondary N) is 1. The van der Waals surface area contributed by atoms with Crippen molar-refractivity contribution < 1.29 is 26.3 Å². The number of nitrogen functional groups attached to an aromatic ring is 1. The average Bonchev–Trinajstić information content (AvgIpc) is 3.31. The first-order valence-electron chi connectivity index (χ1n) is 13.6. The van der Waals surface area contributed by atoms with Crippen LogP contribution in [0.5, 0.6) is 0 Å². The van der Waals surface area contributed by atoms with Crippen LogP contribution in [-0.4, -0.2) is 73.6 Å². The van der Waals surface area contributed by atoms with Gasteiger partial charge in [0.25, 0.3) is 5.92 Å². The molecule has 3 aromatic rings. The number of aliphatic imine (C=N–C) groups is 1. The summed E-state index contributed by atoms with van der Waals surface area (Å²) in [5.41, 5.74) is 9.71. The Kier molecular flexibility index (Phi) is 6.86. The van der Waals surface area contributed by atoms with E-state index in [0.29, 0.717) is 47.5 Å². The fourth-order valence-corrected chi connectivity index (χ4v) is 6.09. The number of anilines is 2. The highest BCUT2D eigenvalue weighted by molar-refractivity contribution is 5.89. The molecule has 14 heteroatoms. The lowest BCUT2D eigenvalue weighted by Crippen LogP contribution is -2.57. The quantitative estimate of drug-likeness (QED) is 0.352. The van der Waals surface area contributed by atoms with Crippen molar-refractivity contribution in [1.29, 1.82) is 0 Å². The summed E-state index contributed by atoms with van der Waals surface area (Å²) in [7, 11) is 0. The van der Waals surface area contributed by atoms with E-state index in [1.165, 1.54) is 4.52 Å². The maximum absolute atomic E-state index is 15.0. The van der Waals surface area contributed by atoms with Gasteiger partial charge < -0.3 is 11.1 Å². The van der Waals surface area contributed by atoms with Gasteiger partial charge in [0, 0.05) is 61.8 Å². The molecule has 1 saturated carbocycles. The first-order chi connectivity index (χ1) is 19.3. The molecule has 2 fully saturated rings. The summed E-state index contributed by atoms with van der Waals surface area (Å²) in [4.78, 5) is 15.3. The number of pyridine rings is 1. The van der Waals surface area contributed by atoms with Gasteiger partial charge in [0.1, 0.15) is 11.7 Å². The van der Waals surface area contributed by atoms with Gasteiger partial charge in [-0.25, -0.2) is 17.7 Å². The van der Waals surface area contributed by atoms with Crippen molar-refractivity contribution >= 4 is 28.7 Å². The molecular formula is C27H30F6N8. The van der Waals surface area contributed by atoms with Crippen LogP contribution in [0.2, 0.25) is 0 Å². The minimum Gasteiger partial charge on any atom is -0.382 e. The minimum absolute atomic E-state index is 0.0569. The van der Waals surface area contributed by atoms with E-state index in [0.717, 1.165) is 5.71 Å². The zero-order valence-corrected chi connectivity index (χ0v) is 22.3. The van der Waals surface area contributed by atoms with Gasteiger partial charge in [-0.05, 0) is 44.4 Å². The Morgan fingerprint density at radius 1 is 1.15 bits per heavy atom. The molecule has 5 heterocycles. The molecule has 0 aromatic carbocycles. The Balaban J connectivity index is 1.20. The molecule has 1 unspecified atom stereocenters. The summed E-state index contributed by atoms with van der Waals surface area (Å²) >= 11 is 0. The second-order valence-electron chi connectivity index (χ2n) is 11.3. The van der Waals surface area contributed by atoms with Crippen LogP contribution in [0.25, 0.3) is 16.8 Å². The summed E-state index contributed by atoms with van der Waals surface area (Å²) in [5.74, 6) is -2.82. The number of piperidine rings is 1. The lowest BCUT2D eigenvalue weighted by Gasteiger charge is -2.46. The molecule has 1 saturated heterocycles. The smallest absolute Gasteiger partial charge is 0.382 e. The van der Waals surface area contributed by atoms with E-state index in [-0.39, 0.29) is 43.6 Å². The first-order valence-corrected chi connectivity index (χ1v) is 13.6. The van der Waals surface area contributed by atoms with Crippen LogP contribution in [0.1, 0.15) is 57.1 Å². The third-order valence-electron chi connectivity index (χ3n) is 8.20. The van der Waals surface area contributed by atoms with Crippen molar-refractivity contribution in [3.8, 4) is 11.3 Å². The van der Waals surface area contributed by atoms with Crippen LogP contribution in [-0.2, 0) is 0 Å². The minimum atomic E-state index is -4.26. The number of halogens is 6. The molecule has 3 atom stereocenters. The van der Waals surface area contributed by atoms with Crippen molar-refractivity contribution in [2.75, 3.05) is 24.1 Å². The molecule has 3 aromatic heterocycles. The molecule has 41 heavy (non-hydrogen) atoms. The molecule has 2 aliphatic heterocycles. The fourth-order valence-electron chi connectivity index (χ4n) is 6.09. The molecule has 220 valence electrons. The van der Waals surface area contributed by atoms with E-state index in [2.05, 4.69) is 20.4 Å². The molecule has 3 N–H and O–H groups in total. The Morgan fingerprint density at radius 2 is 1.93 bits per heavy atom. The molecule has 0 amide bonds. The predicted molar refractivity (Wildman–Crippen MR) is 143 cm³/mol. The number of alkyl halides is 6. The monoisotopic (exact) mass is 580 g/mol. The standard InChI is InChI=1S/C27H30F6N8/c1-14-10-15(4-7-27(31,32)33)22-21(35-14)3-2-19(36-22)17-5-9-41-23(17)24(34)38-25(39-41)37-20-6-8-40(13-18(20)28)16-11-26(29,30)12-16/h2-3,5,9,15-16,18,20H,4,6-8,10-13H2,1H3,(H3,34,37,38,39)/t15?,18-,20+/m1/s1. The summed E-state index contributed by atoms with van der Waals surface area (Å²) in [6.07, 6.45) is -4.55. The number of hydrogen-bond donors (Lipinski definition) is 2. The van der Waals surface area contributed by atoms with Crippen molar-refractivity contribution in [3.63, 3.8) is 0 Å². The first kappa shape index (κ1) is 27.7. The van der Waals surface area contributed by atoms with Gasteiger partial charge in [0.2, 0.25) is 5.95 Å². The highest BCUT2D eigenvalue weighted by Crippen LogP contribution is 2.42. The highest BCUT2D eigenvalue weighted by atomic mass is 19.4. The highest BCUT2D eigenvalue weighted by Gasteiger charge is 2.49. The molecule has 0 spiro atoms. The Bertz CT molecular complexity index is 1480. The van der Waals surface area contributed by atoms with Gasteiger partial charge in [-0.1, -0.05) is 0 Å².